The highest BCUT2D eigenvalue weighted by atomic mass is 32.2. The van der Waals surface area contributed by atoms with Crippen LogP contribution in [0, 0.1) is 0 Å². The number of nitrogens with two attached hydrogens (primary N) is 2. The number of urea groups is 1. The number of nitrogens with one attached hydrogen (secondary N) is 2. The summed E-state index contributed by atoms with van der Waals surface area (Å²) < 4.78 is 22.3. The fraction of sp³-hybridized carbons (Fsp3) is 0.0667. The first-order valence-corrected chi connectivity index (χ1v) is 8.36. The highest BCUT2D eigenvalue weighted by molar-refractivity contribution is 7.89. The van der Waals surface area contributed by atoms with Crippen molar-refractivity contribution in [3.8, 4) is 0 Å². The Labute approximate surface area is 138 Å². The van der Waals surface area contributed by atoms with E-state index >= 15 is 0 Å². The largest absolute Gasteiger partial charge is 0.368 e. The van der Waals surface area contributed by atoms with Crippen molar-refractivity contribution in [2.24, 2.45) is 10.9 Å². The number of anilines is 1. The molecule has 24 heavy (non-hydrogen) atoms. The molecule has 1 atom stereocenters. The summed E-state index contributed by atoms with van der Waals surface area (Å²) in [6.07, 6.45) is 0. The Morgan fingerprint density at radius 1 is 0.958 bits per heavy atom. The Morgan fingerprint density at radius 2 is 1.54 bits per heavy atom. The van der Waals surface area contributed by atoms with Gasteiger partial charge in [0.25, 0.3) is 0 Å². The van der Waals surface area contributed by atoms with E-state index in [9.17, 15) is 18.0 Å². The number of carbonyl (C=O) groups is 2. The molecule has 0 unspecified atom stereocenters. The minimum Gasteiger partial charge on any atom is -0.368 e. The van der Waals surface area contributed by atoms with Crippen molar-refractivity contribution >= 4 is 27.6 Å². The lowest BCUT2D eigenvalue weighted by Gasteiger charge is -2.16. The number of hydrogen-bond acceptors (Lipinski definition) is 4. The molecule has 2 aromatic rings. The molecule has 3 amide bonds. The summed E-state index contributed by atoms with van der Waals surface area (Å²) >= 11 is 0. The number of primary amides is 1. The molecule has 0 radical (unpaired) electrons. The molecule has 2 rings (SSSR count). The van der Waals surface area contributed by atoms with E-state index in [1.807, 2.05) is 0 Å². The molecule has 0 aromatic heterocycles. The van der Waals surface area contributed by atoms with E-state index < -0.39 is 28.0 Å². The van der Waals surface area contributed by atoms with Gasteiger partial charge in [-0.05, 0) is 29.8 Å². The van der Waals surface area contributed by atoms with E-state index in [-0.39, 0.29) is 4.90 Å². The van der Waals surface area contributed by atoms with Crippen molar-refractivity contribution in [2.75, 3.05) is 5.32 Å². The Balaban J connectivity index is 2.08. The first kappa shape index (κ1) is 17.4. The summed E-state index contributed by atoms with van der Waals surface area (Å²) in [6, 6.07) is 12.2. The highest BCUT2D eigenvalue weighted by Crippen LogP contribution is 2.14. The maximum atomic E-state index is 12.0. The predicted octanol–water partition coefficient (Wildman–Crippen LogP) is 0.682. The van der Waals surface area contributed by atoms with E-state index in [4.69, 9.17) is 10.9 Å². The van der Waals surface area contributed by atoms with Gasteiger partial charge in [0, 0.05) is 5.69 Å². The maximum Gasteiger partial charge on any atom is 0.320 e. The molecule has 0 aliphatic rings. The highest BCUT2D eigenvalue weighted by Gasteiger charge is 2.20. The number of hydrogen-bond donors (Lipinski definition) is 4. The van der Waals surface area contributed by atoms with Crippen LogP contribution in [0.2, 0.25) is 0 Å². The van der Waals surface area contributed by atoms with E-state index in [1.54, 1.807) is 30.3 Å². The lowest BCUT2D eigenvalue weighted by atomic mass is 10.1. The summed E-state index contributed by atoms with van der Waals surface area (Å²) in [4.78, 5) is 23.5. The minimum atomic E-state index is -3.80. The van der Waals surface area contributed by atoms with E-state index in [1.165, 1.54) is 24.3 Å². The Hall–Kier alpha value is -2.91. The second-order valence-electron chi connectivity index (χ2n) is 4.91. The summed E-state index contributed by atoms with van der Waals surface area (Å²) in [6.45, 7) is 0. The molecule has 0 aliphatic carbocycles. The first-order chi connectivity index (χ1) is 11.3. The van der Waals surface area contributed by atoms with Crippen LogP contribution in [0.3, 0.4) is 0 Å². The predicted molar refractivity (Wildman–Crippen MR) is 88.3 cm³/mol. The van der Waals surface area contributed by atoms with Gasteiger partial charge in [0.2, 0.25) is 15.9 Å². The van der Waals surface area contributed by atoms with E-state index in [2.05, 4.69) is 10.6 Å². The van der Waals surface area contributed by atoms with E-state index in [0.29, 0.717) is 11.3 Å². The van der Waals surface area contributed by atoms with Gasteiger partial charge in [0.05, 0.1) is 4.90 Å². The molecule has 0 heterocycles. The van der Waals surface area contributed by atoms with Gasteiger partial charge in [-0.1, -0.05) is 30.3 Å². The molecule has 0 bridgehead atoms. The molecule has 0 spiro atoms. The standard InChI is InChI=1S/C15H16N4O4S/c16-14(20)13(10-4-2-1-3-5-10)19-15(21)18-11-6-8-12(9-7-11)24(17,22)23/h1-9,13H,(H2,16,20)(H2,17,22,23)(H2,18,19,21)/t13-/m1/s1. The van der Waals surface area contributed by atoms with Gasteiger partial charge in [-0.3, -0.25) is 4.79 Å². The molecule has 8 nitrogen and oxygen atoms in total. The normalized spacial score (nSPS) is 12.2. The van der Waals surface area contributed by atoms with Gasteiger partial charge >= 0.3 is 6.03 Å². The molecule has 0 fully saturated rings. The second kappa shape index (κ2) is 7.11. The average Bonchev–Trinajstić information content (AvgIpc) is 2.53. The summed E-state index contributed by atoms with van der Waals surface area (Å²) in [5, 5.41) is 9.93. The topological polar surface area (TPSA) is 144 Å². The number of carbonyl (C=O) groups excluding carboxylic acids is 2. The quantitative estimate of drug-likeness (QED) is 0.629. The zero-order valence-electron chi connectivity index (χ0n) is 12.5. The first-order valence-electron chi connectivity index (χ1n) is 6.82. The zero-order valence-corrected chi connectivity index (χ0v) is 13.3. The van der Waals surface area contributed by atoms with Gasteiger partial charge in [0.15, 0.2) is 0 Å². The van der Waals surface area contributed by atoms with Gasteiger partial charge in [-0.15, -0.1) is 0 Å². The molecule has 126 valence electrons. The monoisotopic (exact) mass is 348 g/mol. The van der Waals surface area contributed by atoms with Crippen molar-refractivity contribution in [1.29, 1.82) is 0 Å². The third-order valence-corrected chi connectivity index (χ3v) is 4.06. The molecule has 0 saturated carbocycles. The van der Waals surface area contributed by atoms with Crippen molar-refractivity contribution < 1.29 is 18.0 Å². The average molecular weight is 348 g/mol. The summed E-state index contributed by atoms with van der Waals surface area (Å²) in [5.74, 6) is -0.707. The van der Waals surface area contributed by atoms with E-state index in [0.717, 1.165) is 0 Å². The summed E-state index contributed by atoms with van der Waals surface area (Å²) in [5.41, 5.74) is 6.19. The fourth-order valence-corrected chi connectivity index (χ4v) is 2.51. The third-order valence-electron chi connectivity index (χ3n) is 3.13. The molecule has 0 aliphatic heterocycles. The van der Waals surface area contributed by atoms with Crippen molar-refractivity contribution in [3.63, 3.8) is 0 Å². The number of sulfonamides is 1. The lowest BCUT2D eigenvalue weighted by Crippen LogP contribution is -2.39. The number of primary sulfonamides is 1. The van der Waals surface area contributed by atoms with Crippen molar-refractivity contribution in [2.45, 2.75) is 10.9 Å². The molecule has 9 heteroatoms. The van der Waals surface area contributed by atoms with Crippen LogP contribution in [0.1, 0.15) is 11.6 Å². The van der Waals surface area contributed by atoms with Crippen LogP contribution in [0.25, 0.3) is 0 Å². The minimum absolute atomic E-state index is 0.0762. The Kier molecular flexibility index (Phi) is 5.17. The molecule has 2 aromatic carbocycles. The maximum absolute atomic E-state index is 12.0. The van der Waals surface area contributed by atoms with Gasteiger partial charge in [0.1, 0.15) is 6.04 Å². The van der Waals surface area contributed by atoms with Crippen LogP contribution in [0.4, 0.5) is 10.5 Å². The summed E-state index contributed by atoms with van der Waals surface area (Å²) in [7, 11) is -3.80. The zero-order chi connectivity index (χ0) is 17.7. The molecular formula is C15H16N4O4S. The van der Waals surface area contributed by atoms with Gasteiger partial charge < -0.3 is 16.4 Å². The lowest BCUT2D eigenvalue weighted by molar-refractivity contribution is -0.119. The van der Waals surface area contributed by atoms with Crippen molar-refractivity contribution in [3.05, 3.63) is 60.2 Å². The van der Waals surface area contributed by atoms with Gasteiger partial charge in [-0.25, -0.2) is 18.4 Å². The number of benzene rings is 2. The SMILES string of the molecule is NC(=O)[C@H](NC(=O)Nc1ccc(S(N)(=O)=O)cc1)c1ccccc1. The van der Waals surface area contributed by atoms with Crippen LogP contribution in [0.5, 0.6) is 0 Å². The number of rotatable bonds is 5. The second-order valence-corrected chi connectivity index (χ2v) is 6.48. The fourth-order valence-electron chi connectivity index (χ4n) is 1.99. The molecule has 6 N–H and O–H groups in total. The van der Waals surface area contributed by atoms with Crippen LogP contribution < -0.4 is 21.5 Å². The molecule has 0 saturated heterocycles. The van der Waals surface area contributed by atoms with Crippen LogP contribution >= 0.6 is 0 Å². The number of amides is 3. The van der Waals surface area contributed by atoms with Gasteiger partial charge in [-0.2, -0.15) is 0 Å². The smallest absolute Gasteiger partial charge is 0.320 e. The van der Waals surface area contributed by atoms with Crippen molar-refractivity contribution in [1.82, 2.24) is 5.32 Å². The van der Waals surface area contributed by atoms with Crippen LogP contribution in [-0.4, -0.2) is 20.4 Å². The molecular weight excluding hydrogens is 332 g/mol. The third kappa shape index (κ3) is 4.54. The Bertz CT molecular complexity index is 836. The van der Waals surface area contributed by atoms with Crippen LogP contribution in [0.15, 0.2) is 59.5 Å². The van der Waals surface area contributed by atoms with Crippen LogP contribution in [-0.2, 0) is 14.8 Å². The Morgan fingerprint density at radius 3 is 2.04 bits per heavy atom.